The van der Waals surface area contributed by atoms with Gasteiger partial charge in [-0.1, -0.05) is 91.0 Å². The summed E-state index contributed by atoms with van der Waals surface area (Å²) in [5.74, 6) is 1.09. The number of esters is 1. The Morgan fingerprint density at radius 1 is 0.778 bits per heavy atom. The summed E-state index contributed by atoms with van der Waals surface area (Å²) in [6.45, 7) is 2.47. The van der Waals surface area contributed by atoms with Gasteiger partial charge in [0.15, 0.2) is 17.0 Å². The van der Waals surface area contributed by atoms with Gasteiger partial charge in [-0.25, -0.2) is 9.97 Å². The van der Waals surface area contributed by atoms with Gasteiger partial charge < -0.3 is 14.2 Å². The van der Waals surface area contributed by atoms with Gasteiger partial charge in [0.2, 0.25) is 5.95 Å². The van der Waals surface area contributed by atoms with Crippen molar-refractivity contribution < 1.29 is 9.53 Å². The third kappa shape index (κ3) is 5.69. The molecule has 1 saturated heterocycles. The zero-order valence-corrected chi connectivity index (χ0v) is 25.1. The number of ether oxygens (including phenoxy) is 1. The minimum atomic E-state index is -0.709. The van der Waals surface area contributed by atoms with Crippen LogP contribution >= 0.6 is 0 Å². The summed E-state index contributed by atoms with van der Waals surface area (Å²) in [7, 11) is 0. The maximum Gasteiger partial charge on any atom is 0.307 e. The number of aromatic nitrogens is 6. The molecule has 7 rings (SSSR count). The lowest BCUT2D eigenvalue weighted by atomic mass is 9.67. The Kier molecular flexibility index (Phi) is 8.06. The summed E-state index contributed by atoms with van der Waals surface area (Å²) in [4.78, 5) is 34.7. The van der Waals surface area contributed by atoms with Crippen molar-refractivity contribution in [2.45, 2.75) is 37.6 Å². The van der Waals surface area contributed by atoms with Gasteiger partial charge in [-0.15, -0.1) is 0 Å². The molecule has 0 N–H and O–H groups in total. The molecule has 45 heavy (non-hydrogen) atoms. The van der Waals surface area contributed by atoms with Crippen molar-refractivity contribution in [2.24, 2.45) is 0 Å². The van der Waals surface area contributed by atoms with Gasteiger partial charge in [-0.2, -0.15) is 9.97 Å². The first kappa shape index (κ1) is 28.5. The molecule has 3 aromatic heterocycles. The molecule has 0 saturated carbocycles. The number of anilines is 1. The van der Waals surface area contributed by atoms with Crippen LogP contribution in [0.25, 0.3) is 17.1 Å². The Morgan fingerprint density at radius 3 is 1.98 bits per heavy atom. The molecule has 0 radical (unpaired) electrons. The molecule has 9 heteroatoms. The number of imidazole rings is 2. The summed E-state index contributed by atoms with van der Waals surface area (Å²) < 4.78 is 9.72. The average molecular weight is 598 g/mol. The molecule has 9 nitrogen and oxygen atoms in total. The van der Waals surface area contributed by atoms with Crippen LogP contribution < -0.4 is 4.90 Å². The van der Waals surface area contributed by atoms with Gasteiger partial charge in [0.25, 0.3) is 0 Å². The Balaban J connectivity index is 1.16. The molecule has 226 valence electrons. The van der Waals surface area contributed by atoms with Crippen LogP contribution in [0.15, 0.2) is 116 Å². The fourth-order valence-corrected chi connectivity index (χ4v) is 6.40. The zero-order chi connectivity index (χ0) is 30.5. The molecule has 0 unspecified atom stereocenters. The number of rotatable bonds is 10. The Bertz CT molecular complexity index is 1750. The van der Waals surface area contributed by atoms with Gasteiger partial charge in [0, 0.05) is 25.5 Å². The first-order valence-electron chi connectivity index (χ1n) is 15.5. The van der Waals surface area contributed by atoms with Gasteiger partial charge in [-0.05, 0) is 36.0 Å². The van der Waals surface area contributed by atoms with E-state index in [2.05, 4.69) is 46.3 Å². The van der Waals surface area contributed by atoms with E-state index in [4.69, 9.17) is 19.7 Å². The largest absolute Gasteiger partial charge is 0.464 e. The monoisotopic (exact) mass is 597 g/mol. The molecule has 4 heterocycles. The van der Waals surface area contributed by atoms with Crippen molar-refractivity contribution >= 4 is 23.0 Å². The number of piperidine rings is 1. The Labute approximate surface area is 262 Å². The van der Waals surface area contributed by atoms with Crippen LogP contribution in [0.3, 0.4) is 0 Å². The molecule has 1 aliphatic heterocycles. The van der Waals surface area contributed by atoms with Crippen LogP contribution in [0.5, 0.6) is 0 Å². The molecule has 3 aromatic carbocycles. The van der Waals surface area contributed by atoms with Crippen LogP contribution in [0, 0.1) is 0 Å². The molecule has 0 atom stereocenters. The first-order chi connectivity index (χ1) is 22.2. The minimum absolute atomic E-state index is 0.155. The normalized spacial score (nSPS) is 13.6. The van der Waals surface area contributed by atoms with Gasteiger partial charge in [0.1, 0.15) is 12.9 Å². The first-order valence-corrected chi connectivity index (χ1v) is 15.5. The van der Waals surface area contributed by atoms with Gasteiger partial charge >= 0.3 is 5.97 Å². The lowest BCUT2D eigenvalue weighted by Gasteiger charge is -2.35. The van der Waals surface area contributed by atoms with Crippen LogP contribution in [0.2, 0.25) is 0 Å². The van der Waals surface area contributed by atoms with E-state index in [-0.39, 0.29) is 19.0 Å². The highest BCUT2D eigenvalue weighted by Gasteiger charge is 2.39. The van der Waals surface area contributed by atoms with Crippen molar-refractivity contribution in [1.29, 1.82) is 0 Å². The summed E-state index contributed by atoms with van der Waals surface area (Å²) >= 11 is 0. The molecule has 0 aliphatic carbocycles. The molecule has 0 spiro atoms. The topological polar surface area (TPSA) is 91.0 Å². The molecule has 0 bridgehead atoms. The number of hydrogen-bond acceptors (Lipinski definition) is 7. The van der Waals surface area contributed by atoms with Crippen molar-refractivity contribution in [1.82, 2.24) is 29.1 Å². The number of benzene rings is 3. The van der Waals surface area contributed by atoms with Crippen LogP contribution in [-0.2, 0) is 21.5 Å². The lowest BCUT2D eigenvalue weighted by molar-refractivity contribution is -0.144. The van der Waals surface area contributed by atoms with E-state index < -0.39 is 5.41 Å². The van der Waals surface area contributed by atoms with E-state index in [0.717, 1.165) is 54.0 Å². The van der Waals surface area contributed by atoms with E-state index in [1.165, 1.54) is 6.42 Å². The van der Waals surface area contributed by atoms with Crippen LogP contribution in [0.1, 0.15) is 42.4 Å². The number of carbonyl (C=O) groups is 1. The smallest absolute Gasteiger partial charge is 0.307 e. The number of carbonyl (C=O) groups excluding carboxylic acids is 1. The van der Waals surface area contributed by atoms with E-state index >= 15 is 0 Å². The zero-order valence-electron chi connectivity index (χ0n) is 25.1. The molecule has 0 amide bonds. The number of nitrogens with zero attached hydrogens (tertiary/aromatic N) is 7. The average Bonchev–Trinajstić information content (AvgIpc) is 3.79. The molecule has 1 fully saturated rings. The number of hydrogen-bond donors (Lipinski definition) is 0. The van der Waals surface area contributed by atoms with Crippen molar-refractivity contribution in [2.75, 3.05) is 24.6 Å². The van der Waals surface area contributed by atoms with Gasteiger partial charge in [-0.3, -0.25) is 9.36 Å². The molecular formula is C36H35N7O2. The Hall–Kier alpha value is -5.31. The molecule has 6 aromatic rings. The van der Waals surface area contributed by atoms with E-state index in [1.807, 2.05) is 65.4 Å². The third-order valence-corrected chi connectivity index (χ3v) is 8.63. The van der Waals surface area contributed by atoms with E-state index in [0.29, 0.717) is 18.1 Å². The maximum absolute atomic E-state index is 13.8. The Morgan fingerprint density at radius 2 is 1.40 bits per heavy atom. The van der Waals surface area contributed by atoms with Crippen LogP contribution in [0.4, 0.5) is 5.82 Å². The van der Waals surface area contributed by atoms with Crippen molar-refractivity contribution in [3.05, 3.63) is 133 Å². The SMILES string of the molecule is O=C(CC(c1ccccc1)(c1ccccc1)c1ccccc1)OCCn1cnc2c(N3CCCCC3)nc(-n3ccnc3)nc21. The van der Waals surface area contributed by atoms with Crippen molar-refractivity contribution in [3.63, 3.8) is 0 Å². The predicted octanol–water partition coefficient (Wildman–Crippen LogP) is 5.97. The second-order valence-electron chi connectivity index (χ2n) is 11.4. The highest BCUT2D eigenvalue weighted by Crippen LogP contribution is 2.42. The summed E-state index contributed by atoms with van der Waals surface area (Å²) in [5, 5.41) is 0. The fraction of sp³-hybridized carbons (Fsp3) is 0.250. The predicted molar refractivity (Wildman–Crippen MR) is 173 cm³/mol. The van der Waals surface area contributed by atoms with Crippen molar-refractivity contribution in [3.8, 4) is 5.95 Å². The quantitative estimate of drug-likeness (QED) is 0.142. The highest BCUT2D eigenvalue weighted by atomic mass is 16.5. The summed E-state index contributed by atoms with van der Waals surface area (Å²) in [5.41, 5.74) is 3.86. The third-order valence-electron chi connectivity index (χ3n) is 8.63. The number of fused-ring (bicyclic) bond motifs is 1. The standard InChI is InChI=1S/C36H35N7O2/c44-31(25-36(28-13-5-1-6-14-28,29-15-7-2-8-16-29)30-17-9-3-10-18-30)45-24-23-42-27-38-32-33(41-20-11-4-12-21-41)39-35(40-34(32)42)43-22-19-37-26-43/h1-3,5-10,13-19,22,26-27H,4,11-12,20-21,23-25H2. The lowest BCUT2D eigenvalue weighted by Crippen LogP contribution is -2.33. The van der Waals surface area contributed by atoms with E-state index in [1.54, 1.807) is 23.4 Å². The minimum Gasteiger partial charge on any atom is -0.464 e. The maximum atomic E-state index is 13.8. The second kappa shape index (κ2) is 12.7. The van der Waals surface area contributed by atoms with E-state index in [9.17, 15) is 4.79 Å². The van der Waals surface area contributed by atoms with Crippen LogP contribution in [-0.4, -0.2) is 54.7 Å². The summed E-state index contributed by atoms with van der Waals surface area (Å²) in [6.07, 6.45) is 10.6. The molecular weight excluding hydrogens is 562 g/mol. The molecule has 1 aliphatic rings. The fourth-order valence-electron chi connectivity index (χ4n) is 6.40. The van der Waals surface area contributed by atoms with Gasteiger partial charge in [0.05, 0.1) is 24.7 Å². The second-order valence-corrected chi connectivity index (χ2v) is 11.4. The summed E-state index contributed by atoms with van der Waals surface area (Å²) in [6, 6.07) is 30.6. The highest BCUT2D eigenvalue weighted by molar-refractivity contribution is 5.84.